The number of benzene rings is 1. The molecule has 29 heavy (non-hydrogen) atoms. The Balaban J connectivity index is 1.90. The summed E-state index contributed by atoms with van der Waals surface area (Å²) in [5, 5.41) is 0. The second-order valence-electron chi connectivity index (χ2n) is 9.02. The number of rotatable bonds is 19. The lowest BCUT2D eigenvalue weighted by molar-refractivity contribution is 0.0945. The molecule has 1 aromatic rings. The van der Waals surface area contributed by atoms with Crippen LogP contribution in [0.5, 0.6) is 0 Å². The van der Waals surface area contributed by atoms with Gasteiger partial charge in [0.15, 0.2) is 5.78 Å². The van der Waals surface area contributed by atoms with E-state index in [9.17, 15) is 4.79 Å². The van der Waals surface area contributed by atoms with Crippen molar-refractivity contribution in [1.29, 1.82) is 0 Å². The lowest BCUT2D eigenvalue weighted by atomic mass is 9.92. The molecule has 1 rings (SSSR count). The molecule has 0 radical (unpaired) electrons. The maximum Gasteiger partial charge on any atom is 0.178 e. The first-order valence-corrected chi connectivity index (χ1v) is 12.8. The molecule has 0 N–H and O–H groups in total. The smallest absolute Gasteiger partial charge is 0.178 e. The van der Waals surface area contributed by atoms with Crippen molar-refractivity contribution < 1.29 is 4.79 Å². The van der Waals surface area contributed by atoms with Crippen LogP contribution in [-0.2, 0) is 0 Å². The van der Waals surface area contributed by atoms with E-state index in [4.69, 9.17) is 0 Å². The number of ketones is 1. The van der Waals surface area contributed by atoms with Crippen molar-refractivity contribution in [3.63, 3.8) is 0 Å². The molecule has 1 atom stereocenters. The van der Waals surface area contributed by atoms with Crippen LogP contribution in [0.25, 0.3) is 0 Å². The highest BCUT2D eigenvalue weighted by atomic mass is 32.1. The Morgan fingerprint density at radius 2 is 1.07 bits per heavy atom. The quantitative estimate of drug-likeness (QED) is 0.134. The normalized spacial score (nSPS) is 13.3. The predicted octanol–water partition coefficient (Wildman–Crippen LogP) is 9.21. The van der Waals surface area contributed by atoms with Crippen LogP contribution < -0.4 is 0 Å². The zero-order valence-corrected chi connectivity index (χ0v) is 20.2. The van der Waals surface area contributed by atoms with Crippen LogP contribution in [0.3, 0.4) is 0 Å². The molecule has 0 aliphatic heterocycles. The van der Waals surface area contributed by atoms with Gasteiger partial charge in [0.1, 0.15) is 0 Å². The van der Waals surface area contributed by atoms with E-state index in [1.807, 2.05) is 37.3 Å². The zero-order valence-electron chi connectivity index (χ0n) is 19.3. The second-order valence-corrected chi connectivity index (χ2v) is 10.0. The van der Waals surface area contributed by atoms with Gasteiger partial charge in [-0.2, -0.15) is 12.6 Å². The van der Waals surface area contributed by atoms with Crippen molar-refractivity contribution in [2.45, 2.75) is 128 Å². The van der Waals surface area contributed by atoms with Gasteiger partial charge < -0.3 is 0 Å². The number of carbonyl (C=O) groups excluding carboxylic acids is 1. The number of thiol groups is 1. The summed E-state index contributed by atoms with van der Waals surface area (Å²) in [7, 11) is 0. The van der Waals surface area contributed by atoms with Crippen molar-refractivity contribution in [2.24, 2.45) is 0 Å². The Morgan fingerprint density at radius 1 is 0.690 bits per heavy atom. The van der Waals surface area contributed by atoms with Gasteiger partial charge in [0.2, 0.25) is 0 Å². The minimum atomic E-state index is -0.544. The van der Waals surface area contributed by atoms with E-state index >= 15 is 0 Å². The summed E-state index contributed by atoms with van der Waals surface area (Å²) in [5.74, 6) is 0.155. The van der Waals surface area contributed by atoms with Gasteiger partial charge in [0, 0.05) is 5.56 Å². The monoisotopic (exact) mass is 418 g/mol. The van der Waals surface area contributed by atoms with Crippen molar-refractivity contribution in [2.75, 3.05) is 0 Å². The highest BCUT2D eigenvalue weighted by molar-refractivity contribution is 7.82. The third-order valence-electron chi connectivity index (χ3n) is 6.04. The highest BCUT2D eigenvalue weighted by Crippen LogP contribution is 2.27. The molecule has 0 heterocycles. The molecule has 166 valence electrons. The molecule has 1 nitrogen and oxygen atoms in total. The molecule has 2 heteroatoms. The van der Waals surface area contributed by atoms with Crippen LogP contribution in [0, 0.1) is 0 Å². The molecule has 0 bridgehead atoms. The number of carbonyl (C=O) groups is 1. The van der Waals surface area contributed by atoms with Crippen LogP contribution >= 0.6 is 12.6 Å². The summed E-state index contributed by atoms with van der Waals surface area (Å²) in [5.41, 5.74) is 0.779. The van der Waals surface area contributed by atoms with Gasteiger partial charge in [0.05, 0.1) is 4.75 Å². The van der Waals surface area contributed by atoms with Crippen LogP contribution in [0.15, 0.2) is 30.3 Å². The van der Waals surface area contributed by atoms with Crippen LogP contribution in [0.4, 0.5) is 0 Å². The van der Waals surface area contributed by atoms with Crippen LogP contribution in [-0.4, -0.2) is 10.5 Å². The van der Waals surface area contributed by atoms with E-state index in [2.05, 4.69) is 19.6 Å². The van der Waals surface area contributed by atoms with E-state index in [1.165, 1.54) is 96.3 Å². The second kappa shape index (κ2) is 17.0. The highest BCUT2D eigenvalue weighted by Gasteiger charge is 2.28. The average Bonchev–Trinajstić information content (AvgIpc) is 2.73. The Hall–Kier alpha value is -0.760. The zero-order chi connectivity index (χ0) is 21.2. The standard InChI is InChI=1S/C27H46OS/c1-3-4-5-6-7-8-9-10-11-12-13-14-15-16-17-21-24-27(2,29)26(28)25-22-19-18-20-23-25/h18-20,22-23,29H,3-17,21,24H2,1-2H3. The first-order valence-electron chi connectivity index (χ1n) is 12.4. The SMILES string of the molecule is CCCCCCCCCCCCCCCCCCC(C)(S)C(=O)c1ccccc1. The Bertz CT molecular complexity index is 509. The molecule has 0 saturated heterocycles. The lowest BCUT2D eigenvalue weighted by Crippen LogP contribution is -2.29. The summed E-state index contributed by atoms with van der Waals surface area (Å²) >= 11 is 4.67. The van der Waals surface area contributed by atoms with Gasteiger partial charge >= 0.3 is 0 Å². The van der Waals surface area contributed by atoms with E-state index in [-0.39, 0.29) is 5.78 Å². The first kappa shape index (κ1) is 26.3. The largest absolute Gasteiger partial charge is 0.293 e. The summed E-state index contributed by atoms with van der Waals surface area (Å²) in [6.45, 7) is 4.25. The van der Waals surface area contributed by atoms with Crippen molar-refractivity contribution in [3.8, 4) is 0 Å². The van der Waals surface area contributed by atoms with E-state index in [1.54, 1.807) is 0 Å². The van der Waals surface area contributed by atoms with Gasteiger partial charge in [-0.1, -0.05) is 140 Å². The molecule has 0 aromatic heterocycles. The van der Waals surface area contributed by atoms with E-state index < -0.39 is 4.75 Å². The average molecular weight is 419 g/mol. The third kappa shape index (κ3) is 13.2. The molecule has 0 fully saturated rings. The summed E-state index contributed by atoms with van der Waals surface area (Å²) in [6.07, 6.45) is 22.8. The summed E-state index contributed by atoms with van der Waals surface area (Å²) in [4.78, 5) is 12.6. The molecule has 0 aliphatic rings. The fourth-order valence-corrected chi connectivity index (χ4v) is 4.32. The molecule has 0 amide bonds. The van der Waals surface area contributed by atoms with Gasteiger partial charge in [-0.25, -0.2) is 0 Å². The predicted molar refractivity (Wildman–Crippen MR) is 132 cm³/mol. The van der Waals surface area contributed by atoms with Gasteiger partial charge in [-0.15, -0.1) is 0 Å². The Kier molecular flexibility index (Phi) is 15.4. The maximum atomic E-state index is 12.6. The van der Waals surface area contributed by atoms with Crippen LogP contribution in [0.1, 0.15) is 133 Å². The fraction of sp³-hybridized carbons (Fsp3) is 0.741. The summed E-state index contributed by atoms with van der Waals surface area (Å²) in [6, 6.07) is 9.58. The van der Waals surface area contributed by atoms with Gasteiger partial charge in [-0.3, -0.25) is 4.79 Å². The molecule has 1 unspecified atom stereocenters. The van der Waals surface area contributed by atoms with Gasteiger partial charge in [0.25, 0.3) is 0 Å². The molecule has 0 aliphatic carbocycles. The number of unbranched alkanes of at least 4 members (excludes halogenated alkanes) is 15. The number of hydrogen-bond acceptors (Lipinski definition) is 2. The fourth-order valence-electron chi connectivity index (χ4n) is 4.03. The lowest BCUT2D eigenvalue weighted by Gasteiger charge is -2.22. The molecular formula is C27H46OS. The molecule has 0 spiro atoms. The molecular weight excluding hydrogens is 372 g/mol. The number of hydrogen-bond donors (Lipinski definition) is 1. The minimum absolute atomic E-state index is 0.155. The van der Waals surface area contributed by atoms with E-state index in [0.29, 0.717) is 0 Å². The third-order valence-corrected chi connectivity index (χ3v) is 6.47. The maximum absolute atomic E-state index is 12.6. The molecule has 0 saturated carbocycles. The summed E-state index contributed by atoms with van der Waals surface area (Å²) < 4.78 is -0.544. The Morgan fingerprint density at radius 3 is 1.48 bits per heavy atom. The minimum Gasteiger partial charge on any atom is -0.293 e. The topological polar surface area (TPSA) is 17.1 Å². The van der Waals surface area contributed by atoms with Crippen molar-refractivity contribution in [1.82, 2.24) is 0 Å². The van der Waals surface area contributed by atoms with E-state index in [0.717, 1.165) is 18.4 Å². The van der Waals surface area contributed by atoms with Crippen molar-refractivity contribution >= 4 is 18.4 Å². The van der Waals surface area contributed by atoms with Crippen LogP contribution in [0.2, 0.25) is 0 Å². The van der Waals surface area contributed by atoms with Gasteiger partial charge in [-0.05, 0) is 13.3 Å². The van der Waals surface area contributed by atoms with Crippen molar-refractivity contribution in [3.05, 3.63) is 35.9 Å². The Labute approximate surface area is 186 Å². The first-order chi connectivity index (χ1) is 14.1. The number of Topliss-reactive ketones (excluding diaryl/α,β-unsaturated/α-hetero) is 1. The molecule has 1 aromatic carbocycles.